The van der Waals surface area contributed by atoms with Gasteiger partial charge in [-0.3, -0.25) is 19.7 Å². The van der Waals surface area contributed by atoms with Crippen molar-refractivity contribution in [2.75, 3.05) is 12.0 Å². The molecule has 1 saturated heterocycles. The van der Waals surface area contributed by atoms with Crippen LogP contribution in [0.25, 0.3) is 0 Å². The van der Waals surface area contributed by atoms with E-state index < -0.39 is 16.8 Å². The summed E-state index contributed by atoms with van der Waals surface area (Å²) in [7, 11) is 1.33. The Hall–Kier alpha value is -2.41. The summed E-state index contributed by atoms with van der Waals surface area (Å²) in [6.07, 6.45) is 2.51. The molecule has 7 nitrogen and oxygen atoms in total. The molecule has 120 valence electrons. The van der Waals surface area contributed by atoms with E-state index in [0.717, 1.165) is 4.90 Å². The maximum absolute atomic E-state index is 12.6. The minimum atomic E-state index is -0.566. The number of benzene rings is 1. The van der Waals surface area contributed by atoms with E-state index >= 15 is 0 Å². The topological polar surface area (TPSA) is 89.8 Å². The van der Waals surface area contributed by atoms with Crippen molar-refractivity contribution in [2.24, 2.45) is 11.8 Å². The number of imide groups is 1. The first-order valence-electron chi connectivity index (χ1n) is 6.98. The van der Waals surface area contributed by atoms with Crippen molar-refractivity contribution in [1.82, 2.24) is 0 Å². The molecule has 3 rings (SSSR count). The van der Waals surface area contributed by atoms with Gasteiger partial charge in [-0.2, -0.15) is 0 Å². The maximum Gasteiger partial charge on any atom is 0.273 e. The Bertz CT molecular complexity index is 745. The number of carbonyl (C=O) groups is 2. The summed E-state index contributed by atoms with van der Waals surface area (Å²) in [6, 6.07) is 3.80. The van der Waals surface area contributed by atoms with E-state index in [1.165, 1.54) is 25.3 Å². The number of nitro benzene ring substituents is 1. The number of nitrogens with zero attached hydrogens (tertiary/aromatic N) is 2. The molecule has 1 aliphatic heterocycles. The van der Waals surface area contributed by atoms with Crippen molar-refractivity contribution >= 4 is 34.8 Å². The van der Waals surface area contributed by atoms with Gasteiger partial charge in [-0.25, -0.2) is 4.90 Å². The highest BCUT2D eigenvalue weighted by Gasteiger charge is 2.49. The van der Waals surface area contributed by atoms with E-state index in [1.54, 1.807) is 6.08 Å². The Balaban J connectivity index is 2.01. The highest BCUT2D eigenvalue weighted by molar-refractivity contribution is 6.30. The number of rotatable bonds is 3. The van der Waals surface area contributed by atoms with Gasteiger partial charge in [0.2, 0.25) is 11.8 Å². The zero-order chi connectivity index (χ0) is 16.7. The summed E-state index contributed by atoms with van der Waals surface area (Å²) >= 11 is 5.98. The van der Waals surface area contributed by atoms with Gasteiger partial charge in [-0.1, -0.05) is 17.7 Å². The minimum Gasteiger partial charge on any atom is -0.494 e. The van der Waals surface area contributed by atoms with E-state index in [2.05, 4.69) is 0 Å². The molecule has 1 aromatic rings. The van der Waals surface area contributed by atoms with Crippen molar-refractivity contribution in [3.05, 3.63) is 39.4 Å². The summed E-state index contributed by atoms with van der Waals surface area (Å²) < 4.78 is 5.13. The number of anilines is 1. The van der Waals surface area contributed by atoms with Gasteiger partial charge in [-0.15, -0.1) is 0 Å². The van der Waals surface area contributed by atoms with E-state index in [4.69, 9.17) is 16.3 Å². The molecule has 2 atom stereocenters. The Kier molecular flexibility index (Phi) is 3.81. The third-order valence-corrected chi connectivity index (χ3v) is 4.49. The van der Waals surface area contributed by atoms with Crippen LogP contribution in [-0.2, 0) is 9.59 Å². The van der Waals surface area contributed by atoms with Gasteiger partial charge in [0.25, 0.3) is 5.69 Å². The number of hydrogen-bond donors (Lipinski definition) is 0. The van der Waals surface area contributed by atoms with E-state index in [0.29, 0.717) is 17.9 Å². The quantitative estimate of drug-likeness (QED) is 0.481. The average Bonchev–Trinajstić information content (AvgIpc) is 2.77. The Labute approximate surface area is 136 Å². The van der Waals surface area contributed by atoms with Crippen LogP contribution in [0.4, 0.5) is 11.4 Å². The fourth-order valence-electron chi connectivity index (χ4n) is 3.03. The van der Waals surface area contributed by atoms with Crippen molar-refractivity contribution < 1.29 is 19.2 Å². The lowest BCUT2D eigenvalue weighted by atomic mass is 9.85. The first kappa shape index (κ1) is 15.5. The lowest BCUT2D eigenvalue weighted by Crippen LogP contribution is -2.31. The SMILES string of the molecule is COc1cc([N+](=O)[O-])ccc1N1C(=O)[C@H]2CC(Cl)=CC[C@H]2C1=O. The van der Waals surface area contributed by atoms with Gasteiger partial charge in [0.05, 0.1) is 35.6 Å². The average molecular weight is 337 g/mol. The van der Waals surface area contributed by atoms with E-state index in [1.807, 2.05) is 0 Å². The van der Waals surface area contributed by atoms with Crippen LogP contribution < -0.4 is 9.64 Å². The lowest BCUT2D eigenvalue weighted by molar-refractivity contribution is -0.384. The molecule has 0 saturated carbocycles. The molecule has 0 spiro atoms. The van der Waals surface area contributed by atoms with Crippen LogP contribution in [0.15, 0.2) is 29.3 Å². The molecule has 2 aliphatic rings. The molecule has 1 fully saturated rings. The standard InChI is InChI=1S/C15H13ClN2O5/c1-23-13-7-9(18(21)22)3-5-12(13)17-14(19)10-4-2-8(16)6-11(10)15(17)20/h2-3,5,7,10-11H,4,6H2,1H3/t10-,11+/m1/s1. The Morgan fingerprint density at radius 2 is 2.00 bits per heavy atom. The molecule has 0 bridgehead atoms. The predicted octanol–water partition coefficient (Wildman–Crippen LogP) is 2.63. The van der Waals surface area contributed by atoms with Gasteiger partial charge in [-0.05, 0) is 18.9 Å². The third kappa shape index (κ3) is 2.46. The molecule has 0 aromatic heterocycles. The number of fused-ring (bicyclic) bond motifs is 1. The normalized spacial score (nSPS) is 23.6. The Morgan fingerprint density at radius 3 is 2.65 bits per heavy atom. The summed E-state index contributed by atoms with van der Waals surface area (Å²) in [5.74, 6) is -1.49. The molecule has 0 unspecified atom stereocenters. The van der Waals surface area contributed by atoms with E-state index in [-0.39, 0.29) is 28.9 Å². The predicted molar refractivity (Wildman–Crippen MR) is 82.3 cm³/mol. The van der Waals surface area contributed by atoms with Gasteiger partial charge in [0.1, 0.15) is 5.75 Å². The summed E-state index contributed by atoms with van der Waals surface area (Å²) in [5, 5.41) is 11.4. The highest BCUT2D eigenvalue weighted by Crippen LogP contribution is 2.43. The molecular weight excluding hydrogens is 324 g/mol. The molecule has 23 heavy (non-hydrogen) atoms. The minimum absolute atomic E-state index is 0.110. The van der Waals surface area contributed by atoms with Gasteiger partial charge in [0.15, 0.2) is 0 Å². The first-order chi connectivity index (χ1) is 10.9. The van der Waals surface area contributed by atoms with Crippen LogP contribution in [0.3, 0.4) is 0 Å². The fraction of sp³-hybridized carbons (Fsp3) is 0.333. The van der Waals surface area contributed by atoms with Gasteiger partial charge < -0.3 is 4.74 Å². The third-order valence-electron chi connectivity index (χ3n) is 4.18. The molecule has 0 radical (unpaired) electrons. The number of allylic oxidation sites excluding steroid dienone is 2. The second-order valence-corrected chi connectivity index (χ2v) is 5.91. The molecule has 2 amide bonds. The second kappa shape index (κ2) is 5.66. The monoisotopic (exact) mass is 336 g/mol. The van der Waals surface area contributed by atoms with Gasteiger partial charge >= 0.3 is 0 Å². The van der Waals surface area contributed by atoms with Crippen LogP contribution in [0.5, 0.6) is 5.75 Å². The zero-order valence-electron chi connectivity index (χ0n) is 12.2. The van der Waals surface area contributed by atoms with Crippen LogP contribution >= 0.6 is 11.6 Å². The van der Waals surface area contributed by atoms with Crippen LogP contribution in [0.2, 0.25) is 0 Å². The molecule has 0 N–H and O–H groups in total. The summed E-state index contributed by atoms with van der Waals surface area (Å²) in [4.78, 5) is 36.5. The number of non-ortho nitro benzene ring substituents is 1. The number of halogens is 1. The first-order valence-corrected chi connectivity index (χ1v) is 7.36. The second-order valence-electron chi connectivity index (χ2n) is 5.43. The highest BCUT2D eigenvalue weighted by atomic mass is 35.5. The molecular formula is C15H13ClN2O5. The van der Waals surface area contributed by atoms with Crippen molar-refractivity contribution in [3.63, 3.8) is 0 Å². The summed E-state index contributed by atoms with van der Waals surface area (Å²) in [5.41, 5.74) is 0.0467. The molecule has 1 aliphatic carbocycles. The van der Waals surface area contributed by atoms with E-state index in [9.17, 15) is 19.7 Å². The smallest absolute Gasteiger partial charge is 0.273 e. The molecule has 1 aromatic carbocycles. The fourth-order valence-corrected chi connectivity index (χ4v) is 3.28. The van der Waals surface area contributed by atoms with Crippen LogP contribution in [-0.4, -0.2) is 23.8 Å². The molecule has 1 heterocycles. The Morgan fingerprint density at radius 1 is 1.30 bits per heavy atom. The largest absolute Gasteiger partial charge is 0.494 e. The maximum atomic E-state index is 12.6. The van der Waals surface area contributed by atoms with Crippen molar-refractivity contribution in [2.45, 2.75) is 12.8 Å². The lowest BCUT2D eigenvalue weighted by Gasteiger charge is -2.17. The number of amides is 2. The van der Waals surface area contributed by atoms with Crippen LogP contribution in [0, 0.1) is 22.0 Å². The number of carbonyl (C=O) groups excluding carboxylic acids is 2. The number of methoxy groups -OCH3 is 1. The van der Waals surface area contributed by atoms with Crippen LogP contribution in [0.1, 0.15) is 12.8 Å². The number of hydrogen-bond acceptors (Lipinski definition) is 5. The number of ether oxygens (including phenoxy) is 1. The van der Waals surface area contributed by atoms with Crippen molar-refractivity contribution in [1.29, 1.82) is 0 Å². The number of nitro groups is 1. The van der Waals surface area contributed by atoms with Gasteiger partial charge in [0, 0.05) is 11.1 Å². The van der Waals surface area contributed by atoms with Crippen molar-refractivity contribution in [3.8, 4) is 5.75 Å². The zero-order valence-corrected chi connectivity index (χ0v) is 12.9. The summed E-state index contributed by atoms with van der Waals surface area (Å²) in [6.45, 7) is 0. The molecule has 8 heteroatoms.